The molecule has 0 aliphatic heterocycles. The second-order valence-electron chi connectivity index (χ2n) is 7.22. The van der Waals surface area contributed by atoms with E-state index in [0.717, 1.165) is 5.56 Å². The summed E-state index contributed by atoms with van der Waals surface area (Å²) in [7, 11) is 0. The summed E-state index contributed by atoms with van der Waals surface area (Å²) in [6.07, 6.45) is 0. The van der Waals surface area contributed by atoms with Crippen LogP contribution in [0.4, 0.5) is 0 Å². The van der Waals surface area contributed by atoms with E-state index in [-0.39, 0.29) is 23.8 Å². The van der Waals surface area contributed by atoms with Gasteiger partial charge in [-0.05, 0) is 57.4 Å². The lowest BCUT2D eigenvalue weighted by molar-refractivity contribution is -0.124. The molecule has 1 heterocycles. The molecular formula is C22H30N2O3S. The van der Waals surface area contributed by atoms with Gasteiger partial charge >= 0.3 is 0 Å². The third-order valence-corrected chi connectivity index (χ3v) is 5.55. The zero-order valence-corrected chi connectivity index (χ0v) is 18.3. The highest BCUT2D eigenvalue weighted by Crippen LogP contribution is 2.26. The Labute approximate surface area is 171 Å². The van der Waals surface area contributed by atoms with E-state index in [1.807, 2.05) is 33.8 Å². The molecule has 2 rings (SSSR count). The van der Waals surface area contributed by atoms with Gasteiger partial charge < -0.3 is 15.4 Å². The van der Waals surface area contributed by atoms with Gasteiger partial charge in [0, 0.05) is 9.75 Å². The zero-order chi connectivity index (χ0) is 20.8. The smallest absolute Gasteiger partial charge is 0.255 e. The molecule has 5 nitrogen and oxygen atoms in total. The van der Waals surface area contributed by atoms with Crippen LogP contribution >= 0.6 is 11.3 Å². The Morgan fingerprint density at radius 2 is 1.79 bits per heavy atom. The van der Waals surface area contributed by atoms with Crippen LogP contribution in [0.5, 0.6) is 5.75 Å². The van der Waals surface area contributed by atoms with E-state index in [1.165, 1.54) is 9.75 Å². The van der Waals surface area contributed by atoms with Gasteiger partial charge in [-0.3, -0.25) is 9.59 Å². The molecule has 28 heavy (non-hydrogen) atoms. The molecule has 0 spiro atoms. The van der Waals surface area contributed by atoms with Gasteiger partial charge in [-0.2, -0.15) is 0 Å². The number of carbonyl (C=O) groups is 2. The molecule has 0 aliphatic rings. The largest absolute Gasteiger partial charge is 0.493 e. The van der Waals surface area contributed by atoms with Crippen LogP contribution in [0.2, 0.25) is 0 Å². The Kier molecular flexibility index (Phi) is 7.63. The fraction of sp³-hybridized carbons (Fsp3) is 0.455. The number of hydrogen-bond donors (Lipinski definition) is 2. The number of nitrogens with one attached hydrogen (secondary N) is 2. The summed E-state index contributed by atoms with van der Waals surface area (Å²) < 4.78 is 5.54. The maximum atomic E-state index is 12.9. The molecule has 0 saturated heterocycles. The first-order chi connectivity index (χ1) is 13.2. The predicted molar refractivity (Wildman–Crippen MR) is 114 cm³/mol. The minimum absolute atomic E-state index is 0.0549. The summed E-state index contributed by atoms with van der Waals surface area (Å²) in [6, 6.07) is 8.41. The monoisotopic (exact) mass is 402 g/mol. The van der Waals surface area contributed by atoms with Crippen molar-refractivity contribution in [2.24, 2.45) is 5.92 Å². The quantitative estimate of drug-likeness (QED) is 0.688. The molecule has 0 fully saturated rings. The van der Waals surface area contributed by atoms with Gasteiger partial charge in [0.15, 0.2) is 0 Å². The summed E-state index contributed by atoms with van der Waals surface area (Å²) in [5, 5.41) is 5.93. The number of benzene rings is 1. The lowest BCUT2D eigenvalue weighted by atomic mass is 10.0. The van der Waals surface area contributed by atoms with Crippen LogP contribution in [0.15, 0.2) is 30.3 Å². The average molecular weight is 403 g/mol. The third-order valence-electron chi connectivity index (χ3n) is 4.57. The molecule has 2 aromatic rings. The Balaban J connectivity index is 2.13. The van der Waals surface area contributed by atoms with Crippen molar-refractivity contribution in [2.45, 2.75) is 53.6 Å². The molecule has 2 amide bonds. The lowest BCUT2D eigenvalue weighted by Crippen LogP contribution is -2.50. The van der Waals surface area contributed by atoms with Crippen molar-refractivity contribution in [1.82, 2.24) is 10.6 Å². The lowest BCUT2D eigenvalue weighted by Gasteiger charge is -2.24. The van der Waals surface area contributed by atoms with Crippen LogP contribution in [0.3, 0.4) is 0 Å². The summed E-state index contributed by atoms with van der Waals surface area (Å²) in [5.74, 6) is -0.0371. The third kappa shape index (κ3) is 5.35. The molecule has 6 heteroatoms. The van der Waals surface area contributed by atoms with E-state index in [4.69, 9.17) is 4.74 Å². The molecular weight excluding hydrogens is 372 g/mol. The van der Waals surface area contributed by atoms with E-state index in [0.29, 0.717) is 17.9 Å². The van der Waals surface area contributed by atoms with Crippen LogP contribution in [-0.2, 0) is 4.79 Å². The second kappa shape index (κ2) is 9.73. The number of carbonyl (C=O) groups excluding carboxylic acids is 2. The van der Waals surface area contributed by atoms with E-state index >= 15 is 0 Å². The highest BCUT2D eigenvalue weighted by atomic mass is 32.1. The Bertz CT molecular complexity index is 829. The van der Waals surface area contributed by atoms with Gasteiger partial charge in [0.2, 0.25) is 5.91 Å². The summed E-state index contributed by atoms with van der Waals surface area (Å²) in [6.45, 7) is 12.3. The molecule has 0 bridgehead atoms. The Hall–Kier alpha value is -2.34. The topological polar surface area (TPSA) is 67.4 Å². The number of thiophene rings is 1. The van der Waals surface area contributed by atoms with Crippen LogP contribution in [0.25, 0.3) is 0 Å². The molecule has 0 unspecified atom stereocenters. The molecule has 0 radical (unpaired) electrons. The first-order valence-electron chi connectivity index (χ1n) is 9.64. The number of amides is 2. The molecule has 0 aliphatic carbocycles. The van der Waals surface area contributed by atoms with Crippen molar-refractivity contribution in [3.05, 3.63) is 51.2 Å². The molecule has 152 valence electrons. The van der Waals surface area contributed by atoms with Crippen LogP contribution < -0.4 is 15.4 Å². The average Bonchev–Trinajstić information content (AvgIpc) is 2.98. The fourth-order valence-corrected chi connectivity index (χ4v) is 4.17. The van der Waals surface area contributed by atoms with Crippen molar-refractivity contribution in [3.8, 4) is 5.75 Å². The van der Waals surface area contributed by atoms with Crippen LogP contribution in [-0.4, -0.2) is 24.5 Å². The fourth-order valence-electron chi connectivity index (χ4n) is 3.15. The first-order valence-corrected chi connectivity index (χ1v) is 10.5. The second-order valence-corrected chi connectivity index (χ2v) is 8.68. The summed E-state index contributed by atoms with van der Waals surface area (Å²) >= 11 is 1.72. The molecule has 1 aromatic heterocycles. The van der Waals surface area contributed by atoms with Crippen molar-refractivity contribution in [1.29, 1.82) is 0 Å². The maximum absolute atomic E-state index is 12.9. The highest BCUT2D eigenvalue weighted by molar-refractivity contribution is 7.12. The number of hydrogen-bond acceptors (Lipinski definition) is 4. The molecule has 2 atom stereocenters. The maximum Gasteiger partial charge on any atom is 0.255 e. The van der Waals surface area contributed by atoms with Crippen LogP contribution in [0, 0.1) is 19.8 Å². The molecule has 1 aromatic carbocycles. The van der Waals surface area contributed by atoms with Gasteiger partial charge in [0.1, 0.15) is 11.8 Å². The normalized spacial score (nSPS) is 13.1. The minimum Gasteiger partial charge on any atom is -0.493 e. The van der Waals surface area contributed by atoms with E-state index < -0.39 is 6.04 Å². The Morgan fingerprint density at radius 3 is 2.36 bits per heavy atom. The standard InChI is InChI=1S/C22H30N2O3S/c1-7-27-19-11-9-8-10-17(19)21(25)24-20(13(2)3)22(26)23-15(5)18-12-14(4)28-16(18)6/h8-13,15,20H,7H2,1-6H3,(H,23,26)(H,24,25)/t15-,20-/m0/s1. The molecule has 0 saturated carbocycles. The minimum atomic E-state index is -0.635. The van der Waals surface area contributed by atoms with E-state index in [2.05, 4.69) is 30.5 Å². The van der Waals surface area contributed by atoms with Gasteiger partial charge in [-0.15, -0.1) is 11.3 Å². The van der Waals surface area contributed by atoms with Gasteiger partial charge in [-0.1, -0.05) is 26.0 Å². The zero-order valence-electron chi connectivity index (χ0n) is 17.5. The predicted octanol–water partition coefficient (Wildman–Crippen LogP) is 4.40. The van der Waals surface area contributed by atoms with Crippen molar-refractivity contribution in [3.63, 3.8) is 0 Å². The van der Waals surface area contributed by atoms with Gasteiger partial charge in [-0.25, -0.2) is 0 Å². The van der Waals surface area contributed by atoms with Crippen molar-refractivity contribution in [2.75, 3.05) is 6.61 Å². The summed E-state index contributed by atoms with van der Waals surface area (Å²) in [5.41, 5.74) is 1.55. The van der Waals surface area contributed by atoms with E-state index in [1.54, 1.807) is 29.5 Å². The number of aryl methyl sites for hydroxylation is 2. The Morgan fingerprint density at radius 1 is 1.11 bits per heavy atom. The molecule has 2 N–H and O–H groups in total. The number of rotatable bonds is 8. The van der Waals surface area contributed by atoms with Gasteiger partial charge in [0.05, 0.1) is 18.2 Å². The van der Waals surface area contributed by atoms with Crippen molar-refractivity contribution < 1.29 is 14.3 Å². The van der Waals surface area contributed by atoms with E-state index in [9.17, 15) is 9.59 Å². The van der Waals surface area contributed by atoms with Crippen molar-refractivity contribution >= 4 is 23.2 Å². The number of ether oxygens (including phenoxy) is 1. The first kappa shape index (κ1) is 22.0. The van der Waals surface area contributed by atoms with Gasteiger partial charge in [0.25, 0.3) is 5.91 Å². The highest BCUT2D eigenvalue weighted by Gasteiger charge is 2.27. The SMILES string of the molecule is CCOc1ccccc1C(=O)N[C@H](C(=O)N[C@@H](C)c1cc(C)sc1C)C(C)C. The number of para-hydroxylation sites is 1. The van der Waals surface area contributed by atoms with Crippen LogP contribution in [0.1, 0.15) is 59.4 Å². The summed E-state index contributed by atoms with van der Waals surface area (Å²) in [4.78, 5) is 28.1.